The van der Waals surface area contributed by atoms with E-state index < -0.39 is 18.0 Å². The zero-order valence-corrected chi connectivity index (χ0v) is 12.7. The number of carbonyl (C=O) groups is 1. The number of alkyl halides is 3. The van der Waals surface area contributed by atoms with Crippen molar-refractivity contribution in [2.24, 2.45) is 0 Å². The Balaban J connectivity index is 1.57. The highest BCUT2D eigenvalue weighted by Crippen LogP contribution is 2.23. The zero-order valence-electron chi connectivity index (χ0n) is 12.7. The summed E-state index contributed by atoms with van der Waals surface area (Å²) < 4.78 is 50.8. The Morgan fingerprint density at radius 2 is 1.80 bits per heavy atom. The van der Waals surface area contributed by atoms with Gasteiger partial charge in [0.25, 0.3) is 5.91 Å². The van der Waals surface area contributed by atoms with Crippen LogP contribution in [-0.4, -0.2) is 12.3 Å². The van der Waals surface area contributed by atoms with Crippen molar-refractivity contribution in [3.63, 3.8) is 0 Å². The second-order valence-corrected chi connectivity index (χ2v) is 5.00. The third-order valence-electron chi connectivity index (χ3n) is 3.20. The van der Waals surface area contributed by atoms with Gasteiger partial charge in [-0.15, -0.1) is 13.2 Å². The van der Waals surface area contributed by atoms with Gasteiger partial charge in [0.15, 0.2) is 11.5 Å². The van der Waals surface area contributed by atoms with Gasteiger partial charge in [0.2, 0.25) is 0 Å². The number of benzene rings is 1. The third kappa shape index (κ3) is 4.43. The molecule has 0 aliphatic rings. The number of nitrogens with one attached hydrogen (secondary N) is 1. The van der Waals surface area contributed by atoms with Gasteiger partial charge in [-0.05, 0) is 48.5 Å². The molecule has 3 rings (SSSR count). The van der Waals surface area contributed by atoms with Gasteiger partial charge in [-0.2, -0.15) is 0 Å². The smallest absolute Gasteiger partial charge is 0.461 e. The Kier molecular flexibility index (Phi) is 4.51. The van der Waals surface area contributed by atoms with Crippen LogP contribution in [0, 0.1) is 0 Å². The monoisotopic (exact) mass is 351 g/mol. The Morgan fingerprint density at radius 1 is 1.04 bits per heavy atom. The second-order valence-electron chi connectivity index (χ2n) is 5.00. The molecule has 5 nitrogen and oxygen atoms in total. The molecule has 0 spiro atoms. The van der Waals surface area contributed by atoms with Crippen LogP contribution in [0.2, 0.25) is 0 Å². The maximum Gasteiger partial charge on any atom is 0.573 e. The standard InChI is InChI=1S/C17H12F3NO4/c18-17(19,20)25-12-5-3-11(4-6-12)16(22)21-10-13-7-8-15(24-13)14-2-1-9-23-14/h1-9H,10H2,(H,21,22). The summed E-state index contributed by atoms with van der Waals surface area (Å²) in [6.45, 7) is 0.125. The Labute approximate surface area is 140 Å². The van der Waals surface area contributed by atoms with Crippen LogP contribution in [0.5, 0.6) is 5.75 Å². The lowest BCUT2D eigenvalue weighted by atomic mass is 10.2. The summed E-state index contributed by atoms with van der Waals surface area (Å²) in [6.07, 6.45) is -3.25. The summed E-state index contributed by atoms with van der Waals surface area (Å²) in [5, 5.41) is 2.62. The van der Waals surface area contributed by atoms with Gasteiger partial charge in [0, 0.05) is 5.56 Å². The first-order valence-corrected chi connectivity index (χ1v) is 7.17. The molecule has 1 amide bonds. The van der Waals surface area contributed by atoms with Crippen molar-refractivity contribution in [2.75, 3.05) is 0 Å². The fraction of sp³-hybridized carbons (Fsp3) is 0.118. The van der Waals surface area contributed by atoms with Crippen LogP contribution < -0.4 is 10.1 Å². The molecule has 3 aromatic rings. The Hall–Kier alpha value is -3.16. The fourth-order valence-corrected chi connectivity index (χ4v) is 2.10. The molecule has 8 heteroatoms. The molecular formula is C17H12F3NO4. The van der Waals surface area contributed by atoms with Gasteiger partial charge in [0.1, 0.15) is 11.5 Å². The van der Waals surface area contributed by atoms with Crippen LogP contribution in [0.25, 0.3) is 11.5 Å². The predicted octanol–water partition coefficient (Wildman–Crippen LogP) is 4.37. The van der Waals surface area contributed by atoms with Gasteiger partial charge < -0.3 is 18.9 Å². The van der Waals surface area contributed by atoms with Crippen molar-refractivity contribution >= 4 is 5.91 Å². The van der Waals surface area contributed by atoms with Crippen molar-refractivity contribution in [3.05, 3.63) is 66.1 Å². The molecule has 0 fully saturated rings. The first kappa shape index (κ1) is 16.7. The number of rotatable bonds is 5. The molecule has 0 atom stereocenters. The molecule has 1 N–H and O–H groups in total. The van der Waals surface area contributed by atoms with Gasteiger partial charge in [-0.25, -0.2) is 0 Å². The molecule has 0 aliphatic carbocycles. The fourth-order valence-electron chi connectivity index (χ4n) is 2.10. The molecule has 0 unspecified atom stereocenters. The van der Waals surface area contributed by atoms with E-state index in [4.69, 9.17) is 8.83 Å². The lowest BCUT2D eigenvalue weighted by Crippen LogP contribution is -2.22. The average Bonchev–Trinajstić information content (AvgIpc) is 3.23. The molecule has 2 heterocycles. The first-order chi connectivity index (χ1) is 11.9. The van der Waals surface area contributed by atoms with E-state index in [9.17, 15) is 18.0 Å². The molecule has 130 valence electrons. The number of carbonyl (C=O) groups excluding carboxylic acids is 1. The van der Waals surface area contributed by atoms with E-state index in [2.05, 4.69) is 10.1 Å². The van der Waals surface area contributed by atoms with Gasteiger partial charge >= 0.3 is 6.36 Å². The quantitative estimate of drug-likeness (QED) is 0.741. The topological polar surface area (TPSA) is 64.6 Å². The molecule has 0 radical (unpaired) electrons. The number of furan rings is 2. The van der Waals surface area contributed by atoms with E-state index >= 15 is 0 Å². The largest absolute Gasteiger partial charge is 0.573 e. The Bertz CT molecular complexity index is 836. The second kappa shape index (κ2) is 6.76. The average molecular weight is 351 g/mol. The summed E-state index contributed by atoms with van der Waals surface area (Å²) in [4.78, 5) is 12.0. The van der Waals surface area contributed by atoms with Gasteiger partial charge in [-0.3, -0.25) is 4.79 Å². The van der Waals surface area contributed by atoms with E-state index in [0.717, 1.165) is 12.1 Å². The first-order valence-electron chi connectivity index (χ1n) is 7.17. The summed E-state index contributed by atoms with van der Waals surface area (Å²) >= 11 is 0. The molecule has 0 bridgehead atoms. The number of halogens is 3. The molecule has 2 aromatic heterocycles. The Morgan fingerprint density at radius 3 is 2.44 bits per heavy atom. The summed E-state index contributed by atoms with van der Waals surface area (Å²) in [6, 6.07) is 11.5. The van der Waals surface area contributed by atoms with Crippen molar-refractivity contribution < 1.29 is 31.5 Å². The summed E-state index contributed by atoms with van der Waals surface area (Å²) in [5.74, 6) is 0.769. The molecule has 0 aliphatic heterocycles. The lowest BCUT2D eigenvalue weighted by molar-refractivity contribution is -0.274. The van der Waals surface area contributed by atoms with Gasteiger partial charge in [0.05, 0.1) is 12.8 Å². The molecule has 25 heavy (non-hydrogen) atoms. The van der Waals surface area contributed by atoms with Crippen LogP contribution in [0.4, 0.5) is 13.2 Å². The van der Waals surface area contributed by atoms with E-state index in [1.54, 1.807) is 24.3 Å². The van der Waals surface area contributed by atoms with Crippen molar-refractivity contribution in [3.8, 4) is 17.3 Å². The summed E-state index contributed by atoms with van der Waals surface area (Å²) in [7, 11) is 0. The molecule has 1 aromatic carbocycles. The minimum Gasteiger partial charge on any atom is -0.461 e. The lowest BCUT2D eigenvalue weighted by Gasteiger charge is -2.09. The van der Waals surface area contributed by atoms with Crippen molar-refractivity contribution in [2.45, 2.75) is 12.9 Å². The van der Waals surface area contributed by atoms with E-state index in [1.807, 2.05) is 0 Å². The normalized spacial score (nSPS) is 11.3. The number of amides is 1. The molecule has 0 saturated carbocycles. The maximum atomic E-state index is 12.1. The van der Waals surface area contributed by atoms with Crippen molar-refractivity contribution in [1.29, 1.82) is 0 Å². The van der Waals surface area contributed by atoms with E-state index in [1.165, 1.54) is 18.4 Å². The summed E-state index contributed by atoms with van der Waals surface area (Å²) in [5.41, 5.74) is 0.201. The highest BCUT2D eigenvalue weighted by Gasteiger charge is 2.31. The number of ether oxygens (including phenoxy) is 1. The minimum atomic E-state index is -4.77. The van der Waals surface area contributed by atoms with Crippen molar-refractivity contribution in [1.82, 2.24) is 5.32 Å². The number of hydrogen-bond donors (Lipinski definition) is 1. The van der Waals surface area contributed by atoms with Crippen LogP contribution >= 0.6 is 0 Å². The van der Waals surface area contributed by atoms with Crippen LogP contribution in [0.1, 0.15) is 16.1 Å². The van der Waals surface area contributed by atoms with E-state index in [-0.39, 0.29) is 12.1 Å². The van der Waals surface area contributed by atoms with Crippen LogP contribution in [-0.2, 0) is 6.54 Å². The SMILES string of the molecule is O=C(NCc1ccc(-c2ccco2)o1)c1ccc(OC(F)(F)F)cc1. The molecular weight excluding hydrogens is 339 g/mol. The highest BCUT2D eigenvalue weighted by atomic mass is 19.4. The van der Waals surface area contributed by atoms with Crippen LogP contribution in [0.15, 0.2) is 63.6 Å². The van der Waals surface area contributed by atoms with Crippen LogP contribution in [0.3, 0.4) is 0 Å². The molecule has 0 saturated heterocycles. The predicted molar refractivity (Wildman–Crippen MR) is 80.7 cm³/mol. The maximum absolute atomic E-state index is 12.1. The van der Waals surface area contributed by atoms with E-state index in [0.29, 0.717) is 17.3 Å². The third-order valence-corrected chi connectivity index (χ3v) is 3.20. The zero-order chi connectivity index (χ0) is 17.9. The minimum absolute atomic E-state index is 0.125. The highest BCUT2D eigenvalue weighted by molar-refractivity contribution is 5.94. The van der Waals surface area contributed by atoms with Gasteiger partial charge in [-0.1, -0.05) is 0 Å². The number of hydrogen-bond acceptors (Lipinski definition) is 4.